The Kier molecular flexibility index (Phi) is 38.2. The number of aliphatic hydroxyl groups excluding tert-OH is 2. The molecule has 2 N–H and O–H groups in total. The first-order valence-corrected chi connectivity index (χ1v) is 16.5. The first kappa shape index (κ1) is 37.1. The highest BCUT2D eigenvalue weighted by Gasteiger charge is 1.96. The Morgan fingerprint density at radius 1 is 0.371 bits per heavy atom. The summed E-state index contributed by atoms with van der Waals surface area (Å²) in [5.74, 6) is 0. The SMILES string of the molecule is CCCCCCCCCCCCCCC(C)O.CCCCCCCCCCCCCCCCCO. The van der Waals surface area contributed by atoms with Gasteiger partial charge < -0.3 is 10.2 Å². The number of hydrogen-bond donors (Lipinski definition) is 2. The van der Waals surface area contributed by atoms with E-state index in [0.29, 0.717) is 6.61 Å². The Hall–Kier alpha value is -0.0800. The van der Waals surface area contributed by atoms with Crippen LogP contribution >= 0.6 is 0 Å². The molecule has 2 nitrogen and oxygen atoms in total. The molecule has 35 heavy (non-hydrogen) atoms. The Balaban J connectivity index is 0. The molecule has 0 aliphatic heterocycles. The molecule has 0 aliphatic rings. The van der Waals surface area contributed by atoms with Crippen LogP contribution in [0.3, 0.4) is 0 Å². The second-order valence-electron chi connectivity index (χ2n) is 11.2. The fraction of sp³-hybridized carbons (Fsp3) is 1.00. The van der Waals surface area contributed by atoms with Crippen LogP contribution in [0.25, 0.3) is 0 Å². The number of unbranched alkanes of at least 4 members (excludes halogenated alkanes) is 25. The van der Waals surface area contributed by atoms with Crippen molar-refractivity contribution in [2.45, 2.75) is 207 Å². The largest absolute Gasteiger partial charge is 0.396 e. The van der Waals surface area contributed by atoms with Crippen molar-refractivity contribution < 1.29 is 10.2 Å². The van der Waals surface area contributed by atoms with Gasteiger partial charge in [-0.15, -0.1) is 0 Å². The third-order valence-corrected chi connectivity index (χ3v) is 7.24. The molecular formula is C33H70O2. The lowest BCUT2D eigenvalue weighted by Crippen LogP contribution is -1.98. The average Bonchev–Trinajstić information content (AvgIpc) is 2.85. The van der Waals surface area contributed by atoms with E-state index >= 15 is 0 Å². The molecule has 1 atom stereocenters. The Labute approximate surface area is 223 Å². The van der Waals surface area contributed by atoms with Gasteiger partial charge in [0.2, 0.25) is 0 Å². The fourth-order valence-corrected chi connectivity index (χ4v) is 4.76. The molecule has 214 valence electrons. The van der Waals surface area contributed by atoms with Gasteiger partial charge in [0.15, 0.2) is 0 Å². The Bertz CT molecular complexity index is 313. The van der Waals surface area contributed by atoms with Gasteiger partial charge in [0.25, 0.3) is 0 Å². The topological polar surface area (TPSA) is 40.5 Å². The summed E-state index contributed by atoms with van der Waals surface area (Å²) in [4.78, 5) is 0. The monoisotopic (exact) mass is 499 g/mol. The molecule has 0 amide bonds. The summed E-state index contributed by atoms with van der Waals surface area (Å²) in [7, 11) is 0. The van der Waals surface area contributed by atoms with E-state index in [1.165, 1.54) is 167 Å². The third kappa shape index (κ3) is 41.3. The van der Waals surface area contributed by atoms with Crippen molar-refractivity contribution >= 4 is 0 Å². The van der Waals surface area contributed by atoms with Crippen LogP contribution in [0, 0.1) is 0 Å². The first-order chi connectivity index (χ1) is 17.2. The standard InChI is InChI=1S/C17H36O.C16H34O/c1-2-3-4-5-6-7-8-9-10-11-12-13-14-15-16-17-18;1-3-4-5-6-7-8-9-10-11-12-13-14-15-16(2)17/h18H,2-17H2,1H3;16-17H,3-15H2,1-2H3. The smallest absolute Gasteiger partial charge is 0.0512 e. The third-order valence-electron chi connectivity index (χ3n) is 7.24. The molecule has 0 fully saturated rings. The fourth-order valence-electron chi connectivity index (χ4n) is 4.76. The molecule has 0 aromatic heterocycles. The highest BCUT2D eigenvalue weighted by atomic mass is 16.3. The minimum atomic E-state index is -0.0990. The lowest BCUT2D eigenvalue weighted by Gasteiger charge is -2.04. The van der Waals surface area contributed by atoms with Gasteiger partial charge >= 0.3 is 0 Å². The molecule has 0 aromatic rings. The molecule has 0 aliphatic carbocycles. The molecule has 0 heterocycles. The van der Waals surface area contributed by atoms with E-state index in [1.54, 1.807) is 0 Å². The molecule has 1 unspecified atom stereocenters. The number of rotatable bonds is 28. The molecule has 0 aromatic carbocycles. The van der Waals surface area contributed by atoms with E-state index in [2.05, 4.69) is 13.8 Å². The normalized spacial score (nSPS) is 11.9. The van der Waals surface area contributed by atoms with Gasteiger partial charge in [-0.3, -0.25) is 0 Å². The van der Waals surface area contributed by atoms with Gasteiger partial charge in [0.05, 0.1) is 6.10 Å². The van der Waals surface area contributed by atoms with Crippen molar-refractivity contribution in [3.05, 3.63) is 0 Å². The average molecular weight is 499 g/mol. The molecule has 0 saturated carbocycles. The van der Waals surface area contributed by atoms with E-state index in [9.17, 15) is 0 Å². The van der Waals surface area contributed by atoms with Crippen LogP contribution in [0.15, 0.2) is 0 Å². The van der Waals surface area contributed by atoms with E-state index < -0.39 is 0 Å². The summed E-state index contributed by atoms with van der Waals surface area (Å²) in [5, 5.41) is 17.8. The maximum Gasteiger partial charge on any atom is 0.0512 e. The zero-order valence-corrected chi connectivity index (χ0v) is 25.0. The van der Waals surface area contributed by atoms with Crippen LogP contribution < -0.4 is 0 Å². The second-order valence-corrected chi connectivity index (χ2v) is 11.2. The zero-order chi connectivity index (χ0) is 26.1. The summed E-state index contributed by atoms with van der Waals surface area (Å²) in [5.41, 5.74) is 0. The number of aliphatic hydroxyl groups is 2. The Morgan fingerprint density at radius 3 is 0.829 bits per heavy atom. The molecular weight excluding hydrogens is 428 g/mol. The summed E-state index contributed by atoms with van der Waals surface area (Å²) in [6.45, 7) is 6.82. The van der Waals surface area contributed by atoms with Crippen LogP contribution in [0.4, 0.5) is 0 Å². The summed E-state index contributed by atoms with van der Waals surface area (Å²) >= 11 is 0. The lowest BCUT2D eigenvalue weighted by molar-refractivity contribution is 0.180. The minimum absolute atomic E-state index is 0.0990. The number of hydrogen-bond acceptors (Lipinski definition) is 2. The quantitative estimate of drug-likeness (QED) is 0.105. The summed E-state index contributed by atoms with van der Waals surface area (Å²) < 4.78 is 0. The minimum Gasteiger partial charge on any atom is -0.396 e. The van der Waals surface area contributed by atoms with Crippen molar-refractivity contribution in [2.24, 2.45) is 0 Å². The van der Waals surface area contributed by atoms with Crippen molar-refractivity contribution in [2.75, 3.05) is 6.61 Å². The van der Waals surface area contributed by atoms with Gasteiger partial charge in [0, 0.05) is 6.61 Å². The maximum atomic E-state index is 9.11. The first-order valence-electron chi connectivity index (χ1n) is 16.5. The highest BCUT2D eigenvalue weighted by molar-refractivity contribution is 4.51. The summed E-state index contributed by atoms with van der Waals surface area (Å²) in [6.07, 6.45) is 38.2. The van der Waals surface area contributed by atoms with Gasteiger partial charge in [-0.2, -0.15) is 0 Å². The van der Waals surface area contributed by atoms with Crippen molar-refractivity contribution in [3.63, 3.8) is 0 Å². The van der Waals surface area contributed by atoms with Crippen molar-refractivity contribution in [3.8, 4) is 0 Å². The molecule has 2 heteroatoms. The molecule has 0 bridgehead atoms. The van der Waals surface area contributed by atoms with Crippen LogP contribution in [-0.2, 0) is 0 Å². The molecule has 0 saturated heterocycles. The van der Waals surface area contributed by atoms with E-state index in [-0.39, 0.29) is 6.10 Å². The van der Waals surface area contributed by atoms with Crippen LogP contribution in [0.5, 0.6) is 0 Å². The van der Waals surface area contributed by atoms with E-state index in [4.69, 9.17) is 10.2 Å². The van der Waals surface area contributed by atoms with E-state index in [0.717, 1.165) is 12.8 Å². The molecule has 0 radical (unpaired) electrons. The summed E-state index contributed by atoms with van der Waals surface area (Å²) in [6, 6.07) is 0. The highest BCUT2D eigenvalue weighted by Crippen LogP contribution is 2.14. The van der Waals surface area contributed by atoms with Crippen LogP contribution in [0.2, 0.25) is 0 Å². The maximum absolute atomic E-state index is 9.11. The van der Waals surface area contributed by atoms with Crippen LogP contribution in [-0.4, -0.2) is 22.9 Å². The van der Waals surface area contributed by atoms with E-state index in [1.807, 2.05) is 6.92 Å². The molecule has 0 spiro atoms. The van der Waals surface area contributed by atoms with Gasteiger partial charge in [-0.1, -0.05) is 181 Å². The molecule has 0 rings (SSSR count). The van der Waals surface area contributed by atoms with Crippen LogP contribution in [0.1, 0.15) is 201 Å². The zero-order valence-electron chi connectivity index (χ0n) is 25.0. The Morgan fingerprint density at radius 2 is 0.600 bits per heavy atom. The van der Waals surface area contributed by atoms with Gasteiger partial charge in [-0.05, 0) is 19.8 Å². The van der Waals surface area contributed by atoms with Crippen molar-refractivity contribution in [1.29, 1.82) is 0 Å². The van der Waals surface area contributed by atoms with Crippen molar-refractivity contribution in [1.82, 2.24) is 0 Å². The predicted molar refractivity (Wildman–Crippen MR) is 159 cm³/mol. The second kappa shape index (κ2) is 36.1. The lowest BCUT2D eigenvalue weighted by atomic mass is 10.0. The van der Waals surface area contributed by atoms with Gasteiger partial charge in [-0.25, -0.2) is 0 Å². The van der Waals surface area contributed by atoms with Gasteiger partial charge in [0.1, 0.15) is 0 Å². The predicted octanol–water partition coefficient (Wildman–Crippen LogP) is 11.3.